The van der Waals surface area contributed by atoms with Crippen molar-refractivity contribution in [2.24, 2.45) is 5.92 Å². The van der Waals surface area contributed by atoms with Crippen LogP contribution in [0, 0.1) is 5.92 Å². The quantitative estimate of drug-likeness (QED) is 0.904. The van der Waals surface area contributed by atoms with Crippen LogP contribution in [0.4, 0.5) is 5.69 Å². The van der Waals surface area contributed by atoms with E-state index in [9.17, 15) is 9.59 Å². The second kappa shape index (κ2) is 7.77. The number of benzene rings is 1. The molecule has 6 nitrogen and oxygen atoms in total. The third-order valence-corrected chi connectivity index (χ3v) is 4.76. The molecule has 1 aromatic carbocycles. The van der Waals surface area contributed by atoms with Crippen LogP contribution in [0.5, 0.6) is 0 Å². The van der Waals surface area contributed by atoms with Gasteiger partial charge in [-0.25, -0.2) is 0 Å². The lowest BCUT2D eigenvalue weighted by Crippen LogP contribution is -2.52. The van der Waals surface area contributed by atoms with Crippen molar-refractivity contribution in [1.82, 2.24) is 9.80 Å². The zero-order valence-corrected chi connectivity index (χ0v) is 14.1. The van der Waals surface area contributed by atoms with Crippen molar-refractivity contribution < 1.29 is 14.3 Å². The zero-order chi connectivity index (χ0) is 16.9. The predicted molar refractivity (Wildman–Crippen MR) is 91.6 cm³/mol. The van der Waals surface area contributed by atoms with Crippen molar-refractivity contribution in [1.29, 1.82) is 0 Å². The van der Waals surface area contributed by atoms with Crippen LogP contribution in [0.25, 0.3) is 0 Å². The Labute approximate surface area is 142 Å². The van der Waals surface area contributed by atoms with Crippen LogP contribution in [0.3, 0.4) is 0 Å². The highest BCUT2D eigenvalue weighted by atomic mass is 16.5. The molecule has 3 rings (SSSR count). The number of piperidine rings is 1. The highest BCUT2D eigenvalue weighted by Crippen LogP contribution is 2.21. The Bertz CT molecular complexity index is 570. The fourth-order valence-corrected chi connectivity index (χ4v) is 3.26. The molecular formula is C18H25N3O3. The molecule has 1 N–H and O–H groups in total. The van der Waals surface area contributed by atoms with E-state index < -0.39 is 0 Å². The van der Waals surface area contributed by atoms with E-state index in [0.29, 0.717) is 39.1 Å². The summed E-state index contributed by atoms with van der Waals surface area (Å²) in [7, 11) is 2.00. The first-order chi connectivity index (χ1) is 11.6. The summed E-state index contributed by atoms with van der Waals surface area (Å²) in [4.78, 5) is 28.8. The van der Waals surface area contributed by atoms with E-state index in [2.05, 4.69) is 10.2 Å². The number of carbonyl (C=O) groups is 2. The molecule has 0 aliphatic carbocycles. The van der Waals surface area contributed by atoms with Gasteiger partial charge in [-0.05, 0) is 32.0 Å². The molecule has 1 atom stereocenters. The van der Waals surface area contributed by atoms with Crippen LogP contribution in [0.2, 0.25) is 0 Å². The summed E-state index contributed by atoms with van der Waals surface area (Å²) < 4.78 is 5.60. The van der Waals surface area contributed by atoms with E-state index >= 15 is 0 Å². The summed E-state index contributed by atoms with van der Waals surface area (Å²) >= 11 is 0. The van der Waals surface area contributed by atoms with E-state index in [1.165, 1.54) is 0 Å². The molecular weight excluding hydrogens is 306 g/mol. The molecule has 0 bridgehead atoms. The van der Waals surface area contributed by atoms with Gasteiger partial charge in [0.05, 0.1) is 6.61 Å². The zero-order valence-electron chi connectivity index (χ0n) is 14.1. The molecule has 6 heteroatoms. The lowest BCUT2D eigenvalue weighted by Gasteiger charge is -2.36. The topological polar surface area (TPSA) is 61.9 Å². The minimum absolute atomic E-state index is 0.0378. The van der Waals surface area contributed by atoms with Crippen molar-refractivity contribution >= 4 is 17.5 Å². The van der Waals surface area contributed by atoms with Crippen molar-refractivity contribution in [2.75, 3.05) is 45.2 Å². The number of ether oxygens (including phenoxy) is 1. The van der Waals surface area contributed by atoms with Gasteiger partial charge in [-0.2, -0.15) is 0 Å². The number of nitrogens with one attached hydrogen (secondary N) is 1. The van der Waals surface area contributed by atoms with Gasteiger partial charge in [-0.15, -0.1) is 0 Å². The van der Waals surface area contributed by atoms with Crippen LogP contribution < -0.4 is 5.32 Å². The lowest BCUT2D eigenvalue weighted by atomic mass is 9.95. The molecule has 2 fully saturated rings. The standard InChI is InChI=1S/C18H25N3O3/c1-20-11-12-24-16(13-20)18(23)21-9-7-14(8-10-21)17(22)19-15-5-3-2-4-6-15/h2-6,14,16H,7-13H2,1H3,(H,19,22)/t16-/m1/s1. The number of rotatable bonds is 3. The Morgan fingerprint density at radius 3 is 2.50 bits per heavy atom. The maximum atomic E-state index is 12.5. The molecule has 24 heavy (non-hydrogen) atoms. The maximum Gasteiger partial charge on any atom is 0.253 e. The van der Waals surface area contributed by atoms with Crippen molar-refractivity contribution in [3.8, 4) is 0 Å². The first-order valence-corrected chi connectivity index (χ1v) is 8.58. The van der Waals surface area contributed by atoms with Gasteiger partial charge < -0.3 is 19.9 Å². The number of likely N-dealkylation sites (N-methyl/N-ethyl adjacent to an activating group) is 1. The van der Waals surface area contributed by atoms with Crippen molar-refractivity contribution in [3.63, 3.8) is 0 Å². The van der Waals surface area contributed by atoms with E-state index in [-0.39, 0.29) is 23.8 Å². The second-order valence-electron chi connectivity index (χ2n) is 6.58. The molecule has 2 heterocycles. The Morgan fingerprint density at radius 1 is 1.12 bits per heavy atom. The van der Waals surface area contributed by atoms with Crippen LogP contribution >= 0.6 is 0 Å². The van der Waals surface area contributed by atoms with Gasteiger partial charge in [0.1, 0.15) is 6.10 Å². The number of nitrogens with zero attached hydrogens (tertiary/aromatic N) is 2. The van der Waals surface area contributed by atoms with E-state index in [4.69, 9.17) is 4.74 Å². The van der Waals surface area contributed by atoms with Crippen molar-refractivity contribution in [2.45, 2.75) is 18.9 Å². The molecule has 1 aromatic rings. The number of amides is 2. The molecule has 0 spiro atoms. The normalized spacial score (nSPS) is 23.0. The fraction of sp³-hybridized carbons (Fsp3) is 0.556. The maximum absolute atomic E-state index is 12.5. The Morgan fingerprint density at radius 2 is 1.83 bits per heavy atom. The lowest BCUT2D eigenvalue weighted by molar-refractivity contribution is -0.150. The summed E-state index contributed by atoms with van der Waals surface area (Å²) in [5, 5.41) is 2.95. The number of hydrogen-bond donors (Lipinski definition) is 1. The summed E-state index contributed by atoms with van der Waals surface area (Å²) in [6.45, 7) is 3.35. The smallest absolute Gasteiger partial charge is 0.253 e. The van der Waals surface area contributed by atoms with Crippen LogP contribution in [-0.4, -0.2) is 67.6 Å². The number of morpholine rings is 1. The number of para-hydroxylation sites is 1. The highest BCUT2D eigenvalue weighted by Gasteiger charge is 2.33. The molecule has 0 saturated carbocycles. The summed E-state index contributed by atoms with van der Waals surface area (Å²) in [6, 6.07) is 9.49. The Hall–Kier alpha value is -1.92. The van der Waals surface area contributed by atoms with E-state index in [1.807, 2.05) is 42.3 Å². The molecule has 0 unspecified atom stereocenters. The first-order valence-electron chi connectivity index (χ1n) is 8.58. The summed E-state index contributed by atoms with van der Waals surface area (Å²) in [5.41, 5.74) is 0.819. The van der Waals surface area contributed by atoms with Crippen LogP contribution in [0.1, 0.15) is 12.8 Å². The van der Waals surface area contributed by atoms with Gasteiger partial charge in [0.15, 0.2) is 0 Å². The monoisotopic (exact) mass is 331 g/mol. The van der Waals surface area contributed by atoms with Gasteiger partial charge in [-0.1, -0.05) is 18.2 Å². The number of carbonyl (C=O) groups excluding carboxylic acids is 2. The summed E-state index contributed by atoms with van der Waals surface area (Å²) in [6.07, 6.45) is 1.04. The number of hydrogen-bond acceptors (Lipinski definition) is 4. The van der Waals surface area contributed by atoms with E-state index in [0.717, 1.165) is 12.2 Å². The average Bonchev–Trinajstić information content (AvgIpc) is 2.62. The molecule has 2 aliphatic heterocycles. The summed E-state index contributed by atoms with van der Waals surface area (Å²) in [5.74, 6) is 0.0645. The molecule has 0 aromatic heterocycles. The Balaban J connectivity index is 1.48. The number of likely N-dealkylation sites (tertiary alicyclic amines) is 1. The third kappa shape index (κ3) is 4.13. The van der Waals surface area contributed by atoms with E-state index in [1.54, 1.807) is 0 Å². The predicted octanol–water partition coefficient (Wildman–Crippen LogP) is 1.19. The number of anilines is 1. The second-order valence-corrected chi connectivity index (χ2v) is 6.58. The fourth-order valence-electron chi connectivity index (χ4n) is 3.26. The molecule has 0 radical (unpaired) electrons. The molecule has 2 saturated heterocycles. The molecule has 130 valence electrons. The first kappa shape index (κ1) is 16.9. The van der Waals surface area contributed by atoms with Gasteiger partial charge in [0, 0.05) is 37.8 Å². The van der Waals surface area contributed by atoms with Gasteiger partial charge >= 0.3 is 0 Å². The third-order valence-electron chi connectivity index (χ3n) is 4.76. The van der Waals surface area contributed by atoms with Gasteiger partial charge in [0.25, 0.3) is 5.91 Å². The van der Waals surface area contributed by atoms with Crippen LogP contribution in [-0.2, 0) is 14.3 Å². The molecule has 2 amide bonds. The average molecular weight is 331 g/mol. The highest BCUT2D eigenvalue weighted by molar-refractivity contribution is 5.92. The minimum atomic E-state index is -0.363. The van der Waals surface area contributed by atoms with Crippen molar-refractivity contribution in [3.05, 3.63) is 30.3 Å². The largest absolute Gasteiger partial charge is 0.366 e. The SMILES string of the molecule is CN1CCO[C@@H](C(=O)N2CCC(C(=O)Nc3ccccc3)CC2)C1. The van der Waals surface area contributed by atoms with Gasteiger partial charge in [-0.3, -0.25) is 9.59 Å². The molecule has 2 aliphatic rings. The Kier molecular flexibility index (Phi) is 5.48. The minimum Gasteiger partial charge on any atom is -0.366 e. The van der Waals surface area contributed by atoms with Gasteiger partial charge in [0.2, 0.25) is 5.91 Å². The van der Waals surface area contributed by atoms with Crippen LogP contribution in [0.15, 0.2) is 30.3 Å².